The topological polar surface area (TPSA) is 93.1 Å². The van der Waals surface area contributed by atoms with E-state index in [-0.39, 0.29) is 11.7 Å². The van der Waals surface area contributed by atoms with Crippen LogP contribution in [0.1, 0.15) is 42.1 Å². The van der Waals surface area contributed by atoms with Gasteiger partial charge < -0.3 is 20.4 Å². The fourth-order valence-electron chi connectivity index (χ4n) is 4.03. The van der Waals surface area contributed by atoms with E-state index >= 15 is 0 Å². The van der Waals surface area contributed by atoms with Gasteiger partial charge in [-0.2, -0.15) is 0 Å². The van der Waals surface area contributed by atoms with Crippen molar-refractivity contribution in [2.75, 3.05) is 19.8 Å². The largest absolute Gasteiger partial charge is 0.381 e. The van der Waals surface area contributed by atoms with Crippen molar-refractivity contribution in [1.82, 2.24) is 9.88 Å². The number of carbonyl (C=O) groups excluding carboxylic acids is 1. The number of benzene rings is 2. The van der Waals surface area contributed by atoms with Crippen molar-refractivity contribution in [1.29, 1.82) is 5.41 Å². The number of para-hydroxylation sites is 1. The monoisotopic (exact) mass is 378 g/mol. The zero-order valence-corrected chi connectivity index (χ0v) is 15.9. The number of carbonyl (C=O) groups is 1. The third-order valence-corrected chi connectivity index (χ3v) is 5.42. The number of nitrogens with two attached hydrogens (primary N) is 1. The van der Waals surface area contributed by atoms with E-state index in [9.17, 15) is 4.79 Å². The summed E-state index contributed by atoms with van der Waals surface area (Å²) in [5.41, 5.74) is 8.31. The normalized spacial score (nSPS) is 15.2. The average Bonchev–Trinajstić information content (AvgIpc) is 3.06. The van der Waals surface area contributed by atoms with Gasteiger partial charge in [0.1, 0.15) is 5.84 Å². The second-order valence-corrected chi connectivity index (χ2v) is 7.29. The highest BCUT2D eigenvalue weighted by Crippen LogP contribution is 2.35. The molecule has 0 spiro atoms. The standard InChI is InChI=1S/C22H26N4O2/c23-11-3-6-21(24)25-22(27)15-7-8-18-17-4-1-2-5-19(17)26(20(18)14-15)16-9-12-28-13-10-16/h1-2,4-5,7-8,14,16H,3,6,9-13,23H2,(H2,24,25,27). The molecule has 0 atom stereocenters. The summed E-state index contributed by atoms with van der Waals surface area (Å²) in [6.45, 7) is 2.03. The Morgan fingerprint density at radius 1 is 1.14 bits per heavy atom. The summed E-state index contributed by atoms with van der Waals surface area (Å²) in [6, 6.07) is 14.6. The van der Waals surface area contributed by atoms with Crippen molar-refractivity contribution in [3.8, 4) is 0 Å². The Labute approximate surface area is 164 Å². The van der Waals surface area contributed by atoms with Crippen molar-refractivity contribution in [3.63, 3.8) is 0 Å². The van der Waals surface area contributed by atoms with Gasteiger partial charge in [0.05, 0.1) is 5.52 Å². The van der Waals surface area contributed by atoms with Gasteiger partial charge in [0.25, 0.3) is 5.91 Å². The molecular formula is C22H26N4O2. The van der Waals surface area contributed by atoms with Gasteiger partial charge in [0.15, 0.2) is 0 Å². The number of amides is 1. The van der Waals surface area contributed by atoms with Gasteiger partial charge >= 0.3 is 0 Å². The predicted molar refractivity (Wildman–Crippen MR) is 112 cm³/mol. The summed E-state index contributed by atoms with van der Waals surface area (Å²) >= 11 is 0. The van der Waals surface area contributed by atoms with Gasteiger partial charge in [0.2, 0.25) is 0 Å². The maximum absolute atomic E-state index is 12.7. The lowest BCUT2D eigenvalue weighted by Gasteiger charge is -2.25. The lowest BCUT2D eigenvalue weighted by Crippen LogP contribution is -2.30. The van der Waals surface area contributed by atoms with Crippen molar-refractivity contribution < 1.29 is 9.53 Å². The van der Waals surface area contributed by atoms with Crippen LogP contribution >= 0.6 is 0 Å². The Morgan fingerprint density at radius 3 is 2.68 bits per heavy atom. The van der Waals surface area contributed by atoms with Gasteiger partial charge in [-0.1, -0.05) is 24.3 Å². The lowest BCUT2D eigenvalue weighted by atomic mass is 10.1. The molecule has 3 aromatic rings. The molecule has 2 aromatic carbocycles. The highest BCUT2D eigenvalue weighted by molar-refractivity contribution is 6.12. The molecule has 28 heavy (non-hydrogen) atoms. The molecule has 0 unspecified atom stereocenters. The van der Waals surface area contributed by atoms with Crippen LogP contribution in [0.4, 0.5) is 0 Å². The van der Waals surface area contributed by atoms with Gasteiger partial charge in [-0.15, -0.1) is 0 Å². The maximum atomic E-state index is 12.7. The molecule has 1 aliphatic rings. The summed E-state index contributed by atoms with van der Waals surface area (Å²) < 4.78 is 7.91. The van der Waals surface area contributed by atoms with Crippen molar-refractivity contribution >= 4 is 33.5 Å². The van der Waals surface area contributed by atoms with Crippen LogP contribution in [0.25, 0.3) is 21.8 Å². The third kappa shape index (κ3) is 3.53. The first kappa shape index (κ1) is 18.7. The number of hydrogen-bond donors (Lipinski definition) is 3. The van der Waals surface area contributed by atoms with E-state index in [2.05, 4.69) is 34.1 Å². The van der Waals surface area contributed by atoms with Gasteiger partial charge in [-0.25, -0.2) is 0 Å². The molecule has 2 heterocycles. The van der Waals surface area contributed by atoms with Crippen LogP contribution in [0.5, 0.6) is 0 Å². The van der Waals surface area contributed by atoms with Gasteiger partial charge in [-0.05, 0) is 44.0 Å². The Kier molecular flexibility index (Phi) is 5.41. The van der Waals surface area contributed by atoms with E-state index in [4.69, 9.17) is 15.9 Å². The zero-order chi connectivity index (χ0) is 19.5. The van der Waals surface area contributed by atoms with Gasteiger partial charge in [-0.3, -0.25) is 10.2 Å². The molecule has 1 amide bonds. The number of nitrogens with zero attached hydrogens (tertiary/aromatic N) is 1. The van der Waals surface area contributed by atoms with Crippen LogP contribution in [0, 0.1) is 5.41 Å². The molecule has 0 bridgehead atoms. The molecule has 6 nitrogen and oxygen atoms in total. The van der Waals surface area contributed by atoms with E-state index in [1.54, 1.807) is 0 Å². The molecule has 0 saturated carbocycles. The Hall–Kier alpha value is -2.70. The van der Waals surface area contributed by atoms with Crippen molar-refractivity contribution in [2.45, 2.75) is 31.7 Å². The second-order valence-electron chi connectivity index (χ2n) is 7.29. The lowest BCUT2D eigenvalue weighted by molar-refractivity contribution is 0.0717. The summed E-state index contributed by atoms with van der Waals surface area (Å²) in [4.78, 5) is 12.7. The minimum Gasteiger partial charge on any atom is -0.381 e. The fraction of sp³-hybridized carbons (Fsp3) is 0.364. The summed E-state index contributed by atoms with van der Waals surface area (Å²) in [5, 5.41) is 13.0. The van der Waals surface area contributed by atoms with Gasteiger partial charge in [0, 0.05) is 47.5 Å². The molecule has 4 rings (SSSR count). The predicted octanol–water partition coefficient (Wildman–Crippen LogP) is 3.59. The van der Waals surface area contributed by atoms with E-state index in [1.165, 1.54) is 10.9 Å². The Balaban J connectivity index is 1.74. The number of rotatable bonds is 5. The number of hydrogen-bond acceptors (Lipinski definition) is 4. The zero-order valence-electron chi connectivity index (χ0n) is 15.9. The molecule has 6 heteroatoms. The molecule has 1 saturated heterocycles. The highest BCUT2D eigenvalue weighted by Gasteiger charge is 2.21. The quantitative estimate of drug-likeness (QED) is 0.468. The van der Waals surface area contributed by atoms with Crippen LogP contribution in [0.2, 0.25) is 0 Å². The summed E-state index contributed by atoms with van der Waals surface area (Å²) in [7, 11) is 0. The third-order valence-electron chi connectivity index (χ3n) is 5.42. The molecule has 0 radical (unpaired) electrons. The van der Waals surface area contributed by atoms with Crippen LogP contribution < -0.4 is 11.1 Å². The minimum absolute atomic E-state index is 0.209. The number of fused-ring (bicyclic) bond motifs is 3. The Bertz CT molecular complexity index is 1020. The maximum Gasteiger partial charge on any atom is 0.256 e. The average molecular weight is 378 g/mol. The molecule has 0 aliphatic carbocycles. The van der Waals surface area contributed by atoms with Crippen LogP contribution in [-0.2, 0) is 4.74 Å². The first-order valence-corrected chi connectivity index (χ1v) is 9.88. The van der Waals surface area contributed by atoms with Crippen LogP contribution in [0.3, 0.4) is 0 Å². The van der Waals surface area contributed by atoms with E-state index in [0.29, 0.717) is 31.0 Å². The first-order valence-electron chi connectivity index (χ1n) is 9.88. The molecule has 1 aliphatic heterocycles. The van der Waals surface area contributed by atoms with E-state index in [0.717, 1.165) is 37.0 Å². The number of nitrogens with one attached hydrogen (secondary N) is 2. The van der Waals surface area contributed by atoms with Crippen molar-refractivity contribution in [2.24, 2.45) is 5.73 Å². The number of aromatic nitrogens is 1. The number of amidine groups is 1. The van der Waals surface area contributed by atoms with Crippen LogP contribution in [-0.4, -0.2) is 36.1 Å². The first-order chi connectivity index (χ1) is 13.7. The SMILES string of the molecule is N=C(CCCN)NC(=O)c1ccc2c3ccccc3n(C3CCOCC3)c2c1. The molecular weight excluding hydrogens is 352 g/mol. The minimum atomic E-state index is -0.243. The van der Waals surface area contributed by atoms with E-state index < -0.39 is 0 Å². The molecule has 4 N–H and O–H groups in total. The fourth-order valence-corrected chi connectivity index (χ4v) is 4.03. The molecule has 1 fully saturated rings. The summed E-state index contributed by atoms with van der Waals surface area (Å²) in [5.74, 6) is -0.0341. The molecule has 146 valence electrons. The second kappa shape index (κ2) is 8.12. The van der Waals surface area contributed by atoms with Crippen LogP contribution in [0.15, 0.2) is 42.5 Å². The smallest absolute Gasteiger partial charge is 0.256 e. The summed E-state index contributed by atoms with van der Waals surface area (Å²) in [6.07, 6.45) is 3.10. The molecule has 1 aromatic heterocycles. The van der Waals surface area contributed by atoms with Crippen molar-refractivity contribution in [3.05, 3.63) is 48.0 Å². The highest BCUT2D eigenvalue weighted by atomic mass is 16.5. The Morgan fingerprint density at radius 2 is 1.89 bits per heavy atom. The number of ether oxygens (including phenoxy) is 1. The van der Waals surface area contributed by atoms with E-state index in [1.807, 2.05) is 18.2 Å².